The van der Waals surface area contributed by atoms with E-state index in [1.165, 1.54) is 16.5 Å². The van der Waals surface area contributed by atoms with Gasteiger partial charge in [0.05, 0.1) is 11.1 Å². The highest BCUT2D eigenvalue weighted by molar-refractivity contribution is 7.16. The van der Waals surface area contributed by atoms with Crippen molar-refractivity contribution in [2.24, 2.45) is 0 Å². The van der Waals surface area contributed by atoms with Gasteiger partial charge in [0, 0.05) is 30.1 Å². The van der Waals surface area contributed by atoms with Crippen LogP contribution in [0.3, 0.4) is 0 Å². The number of benzene rings is 2. The number of furan rings is 1. The van der Waals surface area contributed by atoms with E-state index in [-0.39, 0.29) is 5.91 Å². The molecule has 0 fully saturated rings. The number of rotatable bonds is 4. The van der Waals surface area contributed by atoms with Crippen molar-refractivity contribution in [1.29, 1.82) is 0 Å². The second-order valence-electron chi connectivity index (χ2n) is 8.99. The third-order valence-electron chi connectivity index (χ3n) is 6.55. The zero-order valence-electron chi connectivity index (χ0n) is 19.1. The summed E-state index contributed by atoms with van der Waals surface area (Å²) in [6.07, 6.45) is -4.24. The highest BCUT2D eigenvalue weighted by Crippen LogP contribution is 2.41. The van der Waals surface area contributed by atoms with E-state index in [0.717, 1.165) is 48.8 Å². The summed E-state index contributed by atoms with van der Waals surface area (Å²) >= 11 is 1.58. The van der Waals surface area contributed by atoms with Gasteiger partial charge in [-0.3, -0.25) is 9.69 Å². The molecule has 0 bridgehead atoms. The van der Waals surface area contributed by atoms with Gasteiger partial charge in [0.1, 0.15) is 16.5 Å². The average Bonchev–Trinajstić information content (AvgIpc) is 3.49. The Balaban J connectivity index is 1.21. The third-order valence-corrected chi connectivity index (χ3v) is 7.70. The van der Waals surface area contributed by atoms with Crippen molar-refractivity contribution in [1.82, 2.24) is 10.2 Å². The van der Waals surface area contributed by atoms with Gasteiger partial charge in [-0.2, -0.15) is 13.2 Å². The number of halogens is 3. The summed E-state index contributed by atoms with van der Waals surface area (Å²) in [5.41, 5.74) is 2.62. The first-order chi connectivity index (χ1) is 17.3. The summed E-state index contributed by atoms with van der Waals surface area (Å²) in [4.78, 5) is 16.6. The Morgan fingerprint density at radius 3 is 2.67 bits per heavy atom. The van der Waals surface area contributed by atoms with Gasteiger partial charge in [0.2, 0.25) is 0 Å². The molecule has 2 aromatic carbocycles. The molecule has 1 amide bonds. The fourth-order valence-corrected chi connectivity index (χ4v) is 6.12. The van der Waals surface area contributed by atoms with Crippen LogP contribution in [0, 0.1) is 0 Å². The van der Waals surface area contributed by atoms with Crippen molar-refractivity contribution in [3.8, 4) is 11.3 Å². The number of hydrogen-bond donors (Lipinski definition) is 2. The average molecular weight is 510 g/mol. The molecule has 184 valence electrons. The second kappa shape index (κ2) is 8.83. The molecule has 6 rings (SSSR count). The van der Waals surface area contributed by atoms with Gasteiger partial charge in [-0.05, 0) is 41.8 Å². The molecule has 2 N–H and O–H groups in total. The van der Waals surface area contributed by atoms with E-state index >= 15 is 0 Å². The summed E-state index contributed by atoms with van der Waals surface area (Å²) in [7, 11) is 0. The van der Waals surface area contributed by atoms with E-state index in [9.17, 15) is 18.0 Å². The number of fused-ring (bicyclic) bond motifs is 3. The number of thiophene rings is 1. The maximum Gasteiger partial charge on any atom is 0.416 e. The maximum atomic E-state index is 13.1. The standard InChI is InChI=1S/C27H22F3N3O2S/c28-27(29,30)18-8-4-7-17(13-18)20-9-10-21(35-20)24-31-25(34)23-19-11-12-33(14-16-5-2-1-3-6-16)15-22(19)36-26(23)32-24/h1-10,13,24,32H,11-12,14-15H2,(H,31,34)/t24-/m0/s1. The highest BCUT2D eigenvalue weighted by atomic mass is 32.1. The number of nitrogens with zero attached hydrogens (tertiary/aromatic N) is 1. The van der Waals surface area contributed by atoms with Crippen LogP contribution in [0.1, 0.15) is 43.9 Å². The molecule has 4 heterocycles. The van der Waals surface area contributed by atoms with E-state index in [0.29, 0.717) is 22.6 Å². The number of alkyl halides is 3. The molecule has 0 radical (unpaired) electrons. The molecule has 0 aliphatic carbocycles. The Morgan fingerprint density at radius 1 is 1.03 bits per heavy atom. The van der Waals surface area contributed by atoms with E-state index in [2.05, 4.69) is 27.7 Å². The van der Waals surface area contributed by atoms with Crippen molar-refractivity contribution < 1.29 is 22.4 Å². The summed E-state index contributed by atoms with van der Waals surface area (Å²) < 4.78 is 45.2. The molecule has 0 saturated carbocycles. The highest BCUT2D eigenvalue weighted by Gasteiger charge is 2.35. The number of carbonyl (C=O) groups excluding carboxylic acids is 1. The van der Waals surface area contributed by atoms with Crippen LogP contribution in [0.2, 0.25) is 0 Å². The molecule has 0 unspecified atom stereocenters. The van der Waals surface area contributed by atoms with Gasteiger partial charge in [-0.15, -0.1) is 11.3 Å². The van der Waals surface area contributed by atoms with Crippen molar-refractivity contribution in [3.63, 3.8) is 0 Å². The molecule has 9 heteroatoms. The number of nitrogens with one attached hydrogen (secondary N) is 2. The minimum Gasteiger partial charge on any atom is -0.457 e. The maximum absolute atomic E-state index is 13.1. The number of carbonyl (C=O) groups is 1. The summed E-state index contributed by atoms with van der Waals surface area (Å²) in [5.74, 6) is 0.568. The first-order valence-corrected chi connectivity index (χ1v) is 12.4. The van der Waals surface area contributed by atoms with Crippen LogP contribution in [0.25, 0.3) is 11.3 Å². The van der Waals surface area contributed by atoms with Crippen LogP contribution in [0.5, 0.6) is 0 Å². The molecule has 5 nitrogen and oxygen atoms in total. The van der Waals surface area contributed by atoms with Crippen molar-refractivity contribution >= 4 is 22.2 Å². The first-order valence-electron chi connectivity index (χ1n) is 11.6. The number of anilines is 1. The Kier molecular flexibility index (Phi) is 5.61. The summed E-state index contributed by atoms with van der Waals surface area (Å²) in [6, 6.07) is 18.6. The third kappa shape index (κ3) is 4.29. The number of hydrogen-bond acceptors (Lipinski definition) is 5. The van der Waals surface area contributed by atoms with Crippen LogP contribution in [-0.4, -0.2) is 17.4 Å². The lowest BCUT2D eigenvalue weighted by Gasteiger charge is -2.28. The topological polar surface area (TPSA) is 57.5 Å². The van der Waals surface area contributed by atoms with Gasteiger partial charge in [0.15, 0.2) is 6.17 Å². The minimum absolute atomic E-state index is 0.167. The van der Waals surface area contributed by atoms with Crippen LogP contribution < -0.4 is 10.6 Å². The molecule has 2 aliphatic rings. The molecule has 36 heavy (non-hydrogen) atoms. The van der Waals surface area contributed by atoms with Crippen molar-refractivity contribution in [2.45, 2.75) is 31.9 Å². The lowest BCUT2D eigenvalue weighted by Crippen LogP contribution is -2.38. The monoisotopic (exact) mass is 509 g/mol. The van der Waals surface area contributed by atoms with Crippen LogP contribution >= 0.6 is 11.3 Å². The normalized spacial score (nSPS) is 17.8. The molecule has 2 aromatic heterocycles. The minimum atomic E-state index is -4.43. The zero-order chi connectivity index (χ0) is 24.9. The SMILES string of the molecule is O=C1N[C@H](c2ccc(-c3cccc(C(F)(F)F)c3)o2)Nc2sc3c(c21)CCN(Cc1ccccc1)C3. The first kappa shape index (κ1) is 22.9. The summed E-state index contributed by atoms with van der Waals surface area (Å²) in [5, 5.41) is 7.10. The Bertz CT molecular complexity index is 1430. The summed E-state index contributed by atoms with van der Waals surface area (Å²) in [6.45, 7) is 2.51. The van der Waals surface area contributed by atoms with Gasteiger partial charge < -0.3 is 15.1 Å². The molecule has 4 aromatic rings. The quantitative estimate of drug-likeness (QED) is 0.333. The molecular formula is C27H22F3N3O2S. The van der Waals surface area contributed by atoms with Gasteiger partial charge >= 0.3 is 6.18 Å². The van der Waals surface area contributed by atoms with Crippen molar-refractivity contribution in [2.75, 3.05) is 11.9 Å². The second-order valence-corrected chi connectivity index (χ2v) is 10.1. The lowest BCUT2D eigenvalue weighted by atomic mass is 10.0. The van der Waals surface area contributed by atoms with Crippen molar-refractivity contribution in [3.05, 3.63) is 99.6 Å². The van der Waals surface area contributed by atoms with Gasteiger partial charge in [-0.25, -0.2) is 0 Å². The van der Waals surface area contributed by atoms with E-state index in [1.807, 2.05) is 18.2 Å². The lowest BCUT2D eigenvalue weighted by molar-refractivity contribution is -0.137. The van der Waals surface area contributed by atoms with Crippen LogP contribution in [0.15, 0.2) is 71.1 Å². The van der Waals surface area contributed by atoms with Crippen LogP contribution in [0.4, 0.5) is 18.2 Å². The predicted octanol–water partition coefficient (Wildman–Crippen LogP) is 6.44. The van der Waals surface area contributed by atoms with E-state index < -0.39 is 17.9 Å². The fourth-order valence-electron chi connectivity index (χ4n) is 4.80. The zero-order valence-corrected chi connectivity index (χ0v) is 19.9. The molecule has 0 saturated heterocycles. The smallest absolute Gasteiger partial charge is 0.416 e. The fraction of sp³-hybridized carbons (Fsp3) is 0.222. The molecule has 0 spiro atoms. The van der Waals surface area contributed by atoms with Crippen LogP contribution in [-0.2, 0) is 25.7 Å². The largest absolute Gasteiger partial charge is 0.457 e. The molecule has 2 aliphatic heterocycles. The molecular weight excluding hydrogens is 487 g/mol. The Hall–Kier alpha value is -3.56. The van der Waals surface area contributed by atoms with E-state index in [4.69, 9.17) is 4.42 Å². The predicted molar refractivity (Wildman–Crippen MR) is 132 cm³/mol. The van der Waals surface area contributed by atoms with Gasteiger partial charge in [0.25, 0.3) is 5.91 Å². The Labute approximate surface area is 209 Å². The Morgan fingerprint density at radius 2 is 1.86 bits per heavy atom. The molecule has 1 atom stereocenters. The van der Waals surface area contributed by atoms with E-state index in [1.54, 1.807) is 29.5 Å². The van der Waals surface area contributed by atoms with Gasteiger partial charge in [-0.1, -0.05) is 42.5 Å². The number of amides is 1.